The summed E-state index contributed by atoms with van der Waals surface area (Å²) in [4.78, 5) is 11.1. The molecule has 0 aliphatic carbocycles. The minimum Gasteiger partial charge on any atom is -0.464 e. The highest BCUT2D eigenvalue weighted by molar-refractivity contribution is 6.30. The van der Waals surface area contributed by atoms with Gasteiger partial charge in [-0.2, -0.15) is 0 Å². The second-order valence-corrected chi connectivity index (χ2v) is 3.14. The Morgan fingerprint density at radius 1 is 1.50 bits per heavy atom. The molecule has 4 heteroatoms. The zero-order valence-electron chi connectivity index (χ0n) is 7.74. The number of carbonyl (C=O) groups excluding carboxylic acids is 1. The van der Waals surface area contributed by atoms with Gasteiger partial charge >= 0.3 is 5.97 Å². The number of hydrogen-bond donors (Lipinski definition) is 1. The molecule has 0 aliphatic heterocycles. The summed E-state index contributed by atoms with van der Waals surface area (Å²) in [6.45, 7) is 1.94. The van der Waals surface area contributed by atoms with Crippen molar-refractivity contribution >= 4 is 17.6 Å². The zero-order valence-corrected chi connectivity index (χ0v) is 8.49. The van der Waals surface area contributed by atoms with E-state index in [2.05, 4.69) is 4.74 Å². The summed E-state index contributed by atoms with van der Waals surface area (Å²) < 4.78 is 4.67. The van der Waals surface area contributed by atoms with E-state index in [1.54, 1.807) is 31.2 Å². The van der Waals surface area contributed by atoms with Crippen LogP contribution in [-0.2, 0) is 9.53 Å². The number of aliphatic hydroxyl groups excluding tert-OH is 1. The van der Waals surface area contributed by atoms with Crippen LogP contribution in [0.3, 0.4) is 0 Å². The van der Waals surface area contributed by atoms with E-state index in [0.29, 0.717) is 10.6 Å². The summed E-state index contributed by atoms with van der Waals surface area (Å²) in [5.74, 6) is -0.644. The van der Waals surface area contributed by atoms with Gasteiger partial charge in [-0.05, 0) is 24.6 Å². The Bertz CT molecular complexity index is 308. The van der Waals surface area contributed by atoms with Crippen LogP contribution in [0.5, 0.6) is 0 Å². The molecule has 0 saturated heterocycles. The van der Waals surface area contributed by atoms with Gasteiger partial charge in [0.1, 0.15) is 0 Å². The van der Waals surface area contributed by atoms with Gasteiger partial charge in [-0.1, -0.05) is 23.7 Å². The maximum Gasteiger partial charge on any atom is 0.339 e. The molecule has 0 radical (unpaired) electrons. The molecule has 1 aromatic carbocycles. The Morgan fingerprint density at radius 3 is 2.57 bits per heavy atom. The highest BCUT2D eigenvalue weighted by atomic mass is 35.5. The van der Waals surface area contributed by atoms with Crippen LogP contribution in [0.15, 0.2) is 24.3 Å². The molecule has 3 nitrogen and oxygen atoms in total. The second-order valence-electron chi connectivity index (χ2n) is 2.71. The summed E-state index contributed by atoms with van der Waals surface area (Å²) in [5.41, 5.74) is 0.479. The van der Waals surface area contributed by atoms with Gasteiger partial charge in [0.25, 0.3) is 0 Å². The van der Waals surface area contributed by atoms with E-state index in [4.69, 9.17) is 11.6 Å². The smallest absolute Gasteiger partial charge is 0.339 e. The van der Waals surface area contributed by atoms with Crippen molar-refractivity contribution in [2.75, 3.05) is 6.61 Å². The first-order chi connectivity index (χ1) is 6.65. The number of aliphatic hydroxyl groups is 1. The van der Waals surface area contributed by atoms with Gasteiger partial charge in [-0.25, -0.2) is 4.79 Å². The van der Waals surface area contributed by atoms with Gasteiger partial charge in [0.05, 0.1) is 6.61 Å². The van der Waals surface area contributed by atoms with E-state index in [1.807, 2.05) is 0 Å². The van der Waals surface area contributed by atoms with Gasteiger partial charge in [0.2, 0.25) is 0 Å². The highest BCUT2D eigenvalue weighted by Gasteiger charge is 2.17. The van der Waals surface area contributed by atoms with Crippen molar-refractivity contribution in [3.63, 3.8) is 0 Å². The number of benzene rings is 1. The van der Waals surface area contributed by atoms with Crippen molar-refractivity contribution in [2.24, 2.45) is 0 Å². The lowest BCUT2D eigenvalue weighted by Gasteiger charge is -2.09. The number of rotatable bonds is 3. The first-order valence-electron chi connectivity index (χ1n) is 4.25. The fourth-order valence-corrected chi connectivity index (χ4v) is 1.13. The Morgan fingerprint density at radius 2 is 2.07 bits per heavy atom. The molecule has 1 aromatic rings. The number of carbonyl (C=O) groups is 1. The van der Waals surface area contributed by atoms with Crippen LogP contribution in [0.25, 0.3) is 0 Å². The van der Waals surface area contributed by atoms with Crippen LogP contribution in [0.4, 0.5) is 0 Å². The average Bonchev–Trinajstić information content (AvgIpc) is 2.18. The van der Waals surface area contributed by atoms with Gasteiger partial charge < -0.3 is 9.84 Å². The molecule has 0 aromatic heterocycles. The minimum atomic E-state index is -1.23. The van der Waals surface area contributed by atoms with Gasteiger partial charge in [0.15, 0.2) is 6.10 Å². The van der Waals surface area contributed by atoms with Crippen LogP contribution >= 0.6 is 11.6 Å². The van der Waals surface area contributed by atoms with Gasteiger partial charge in [0, 0.05) is 5.02 Å². The number of ether oxygens (including phenoxy) is 1. The summed E-state index contributed by atoms with van der Waals surface area (Å²) in [6.07, 6.45) is -1.23. The summed E-state index contributed by atoms with van der Waals surface area (Å²) in [5, 5.41) is 10.1. The molecular formula is C10H11ClO3. The lowest BCUT2D eigenvalue weighted by molar-refractivity contribution is -0.153. The molecule has 0 aliphatic rings. The van der Waals surface area contributed by atoms with E-state index in [-0.39, 0.29) is 6.61 Å². The third-order valence-electron chi connectivity index (χ3n) is 1.70. The first-order valence-corrected chi connectivity index (χ1v) is 4.63. The molecule has 0 unspecified atom stereocenters. The number of halogens is 1. The third-order valence-corrected chi connectivity index (χ3v) is 1.95. The fraction of sp³-hybridized carbons (Fsp3) is 0.300. The van der Waals surface area contributed by atoms with Crippen LogP contribution in [0.2, 0.25) is 5.02 Å². The molecule has 76 valence electrons. The summed E-state index contributed by atoms with van der Waals surface area (Å²) in [6, 6.07) is 6.40. The predicted octanol–water partition coefficient (Wildman–Crippen LogP) is 1.94. The molecule has 0 spiro atoms. The second kappa shape index (κ2) is 4.98. The van der Waals surface area contributed by atoms with Crippen molar-refractivity contribution in [3.05, 3.63) is 34.9 Å². The minimum absolute atomic E-state index is 0.253. The van der Waals surface area contributed by atoms with Crippen molar-refractivity contribution < 1.29 is 14.6 Å². The van der Waals surface area contributed by atoms with E-state index in [9.17, 15) is 9.90 Å². The Hall–Kier alpha value is -1.06. The topological polar surface area (TPSA) is 46.5 Å². The van der Waals surface area contributed by atoms with E-state index in [0.717, 1.165) is 0 Å². The summed E-state index contributed by atoms with van der Waals surface area (Å²) >= 11 is 5.66. The Balaban J connectivity index is 2.73. The number of esters is 1. The molecule has 0 bridgehead atoms. The van der Waals surface area contributed by atoms with Crippen LogP contribution in [0, 0.1) is 0 Å². The lowest BCUT2D eigenvalue weighted by atomic mass is 10.1. The van der Waals surface area contributed by atoms with Crippen molar-refractivity contribution in [1.82, 2.24) is 0 Å². The van der Waals surface area contributed by atoms with Crippen LogP contribution in [0.1, 0.15) is 18.6 Å². The quantitative estimate of drug-likeness (QED) is 0.783. The normalized spacial score (nSPS) is 12.2. The molecule has 0 amide bonds. The molecule has 0 fully saturated rings. The molecule has 1 N–H and O–H groups in total. The molecule has 1 atom stereocenters. The van der Waals surface area contributed by atoms with E-state index < -0.39 is 12.1 Å². The summed E-state index contributed by atoms with van der Waals surface area (Å²) in [7, 11) is 0. The zero-order chi connectivity index (χ0) is 10.6. The molecule has 0 heterocycles. The third kappa shape index (κ3) is 2.72. The molecular weight excluding hydrogens is 204 g/mol. The number of hydrogen-bond acceptors (Lipinski definition) is 3. The van der Waals surface area contributed by atoms with Crippen molar-refractivity contribution in [3.8, 4) is 0 Å². The van der Waals surface area contributed by atoms with Crippen molar-refractivity contribution in [2.45, 2.75) is 13.0 Å². The van der Waals surface area contributed by atoms with Gasteiger partial charge in [-0.15, -0.1) is 0 Å². The van der Waals surface area contributed by atoms with Crippen LogP contribution < -0.4 is 0 Å². The average molecular weight is 215 g/mol. The SMILES string of the molecule is CCOC(=O)[C@@H](O)c1ccc(Cl)cc1. The molecule has 14 heavy (non-hydrogen) atoms. The molecule has 1 rings (SSSR count). The van der Waals surface area contributed by atoms with E-state index in [1.165, 1.54) is 0 Å². The standard InChI is InChI=1S/C10H11ClO3/c1-2-14-10(13)9(12)7-3-5-8(11)6-4-7/h3-6,9,12H,2H2,1H3/t9-/m0/s1. The van der Waals surface area contributed by atoms with Gasteiger partial charge in [-0.3, -0.25) is 0 Å². The monoisotopic (exact) mass is 214 g/mol. The largest absolute Gasteiger partial charge is 0.464 e. The van der Waals surface area contributed by atoms with E-state index >= 15 is 0 Å². The first kappa shape index (κ1) is 11.0. The Kier molecular flexibility index (Phi) is 3.92. The maximum atomic E-state index is 11.1. The molecule has 0 saturated carbocycles. The fourth-order valence-electron chi connectivity index (χ4n) is 1.00. The lowest BCUT2D eigenvalue weighted by Crippen LogP contribution is -2.15. The predicted molar refractivity (Wildman–Crippen MR) is 53.0 cm³/mol. The maximum absolute atomic E-state index is 11.1. The van der Waals surface area contributed by atoms with Crippen LogP contribution in [-0.4, -0.2) is 17.7 Å². The highest BCUT2D eigenvalue weighted by Crippen LogP contribution is 2.17. The van der Waals surface area contributed by atoms with Crippen molar-refractivity contribution in [1.29, 1.82) is 0 Å². The Labute approximate surface area is 87.3 Å².